The topological polar surface area (TPSA) is 37.3 Å². The average molecular weight is 177 g/mol. The van der Waals surface area contributed by atoms with E-state index in [1.54, 1.807) is 0 Å². The van der Waals surface area contributed by atoms with E-state index >= 15 is 0 Å². The third kappa shape index (κ3) is 2.36. The molecule has 0 rings (SSSR count). The molecular weight excluding hydrogens is 170 g/mol. The van der Waals surface area contributed by atoms with Gasteiger partial charge in [-0.2, -0.15) is 0 Å². The molecule has 0 aromatic rings. The molecule has 0 amide bonds. The molecule has 1 atom stereocenters. The van der Waals surface area contributed by atoms with Gasteiger partial charge in [0.2, 0.25) is 0 Å². The first kappa shape index (κ1) is 8.77. The fraction of sp³-hybridized carbons (Fsp3) is 1.00. The van der Waals surface area contributed by atoms with E-state index in [2.05, 4.69) is 0 Å². The van der Waals surface area contributed by atoms with Crippen LogP contribution in [0.5, 0.6) is 0 Å². The molecular formula is C3H7Cl2O2P. The Kier molecular flexibility index (Phi) is 2.39. The molecule has 0 bridgehead atoms. The highest BCUT2D eigenvalue weighted by molar-refractivity contribution is 7.86. The summed E-state index contributed by atoms with van der Waals surface area (Å²) < 4.78 is 9.21. The predicted molar refractivity (Wildman–Crippen MR) is 35.6 cm³/mol. The van der Waals surface area contributed by atoms with E-state index in [0.717, 1.165) is 0 Å². The fourth-order valence-corrected chi connectivity index (χ4v) is 0. The lowest BCUT2D eigenvalue weighted by Gasteiger charge is -2.15. The van der Waals surface area contributed by atoms with Gasteiger partial charge in [-0.3, -0.25) is 4.57 Å². The van der Waals surface area contributed by atoms with Crippen LogP contribution in [-0.4, -0.2) is 9.51 Å². The molecule has 0 aromatic heterocycles. The summed E-state index contributed by atoms with van der Waals surface area (Å²) in [7, 11) is 0. The normalized spacial score (nSPS) is 20.1. The van der Waals surface area contributed by atoms with Crippen molar-refractivity contribution in [1.82, 2.24) is 0 Å². The maximum atomic E-state index is 10.4. The van der Waals surface area contributed by atoms with Crippen LogP contribution in [0.1, 0.15) is 13.8 Å². The molecule has 0 aliphatic carbocycles. The average Bonchev–Trinajstić information content (AvgIpc) is 1.25. The van der Waals surface area contributed by atoms with E-state index in [1.165, 1.54) is 13.8 Å². The Balaban J connectivity index is 4.26. The van der Waals surface area contributed by atoms with Crippen LogP contribution in [0.3, 0.4) is 0 Å². The summed E-state index contributed by atoms with van der Waals surface area (Å²) in [5.74, 6) is 0. The second-order valence-corrected chi connectivity index (χ2v) is 6.62. The highest BCUT2D eigenvalue weighted by Crippen LogP contribution is 2.60. The molecule has 0 aliphatic heterocycles. The second kappa shape index (κ2) is 2.18. The van der Waals surface area contributed by atoms with Crippen molar-refractivity contribution in [3.05, 3.63) is 0 Å². The van der Waals surface area contributed by atoms with Gasteiger partial charge in [-0.1, -0.05) is 0 Å². The molecule has 0 aromatic carbocycles. The van der Waals surface area contributed by atoms with E-state index in [0.29, 0.717) is 0 Å². The molecule has 0 aliphatic rings. The fourth-order valence-electron chi connectivity index (χ4n) is 0. The molecule has 0 heterocycles. The summed E-state index contributed by atoms with van der Waals surface area (Å²) in [6.45, 7) is -0.829. The van der Waals surface area contributed by atoms with Gasteiger partial charge in [-0.05, 0) is 25.1 Å². The van der Waals surface area contributed by atoms with E-state index in [4.69, 9.17) is 27.7 Å². The highest BCUT2D eigenvalue weighted by Gasteiger charge is 2.34. The monoisotopic (exact) mass is 176 g/mol. The molecule has 50 valence electrons. The number of hydrogen-bond donors (Lipinski definition) is 1. The summed E-state index contributed by atoms with van der Waals surface area (Å²) in [5, 5.41) is 0. The van der Waals surface area contributed by atoms with Crippen molar-refractivity contribution in [3.8, 4) is 0 Å². The first-order valence-corrected chi connectivity index (χ1v) is 4.91. The third-order valence-electron chi connectivity index (χ3n) is 0.656. The van der Waals surface area contributed by atoms with Gasteiger partial charge >= 0.3 is 6.72 Å². The van der Waals surface area contributed by atoms with Crippen LogP contribution in [0.15, 0.2) is 0 Å². The van der Waals surface area contributed by atoms with E-state index in [1.807, 2.05) is 0 Å². The van der Waals surface area contributed by atoms with E-state index in [9.17, 15) is 4.57 Å². The van der Waals surface area contributed by atoms with Crippen molar-refractivity contribution in [2.24, 2.45) is 0 Å². The maximum absolute atomic E-state index is 10.4. The molecule has 0 fully saturated rings. The van der Waals surface area contributed by atoms with Crippen molar-refractivity contribution in [2.75, 3.05) is 0 Å². The summed E-state index contributed by atoms with van der Waals surface area (Å²) >= 11 is 10.4. The lowest BCUT2D eigenvalue weighted by molar-refractivity contribution is 0.481. The van der Waals surface area contributed by atoms with Crippen molar-refractivity contribution in [2.45, 2.75) is 18.5 Å². The molecule has 1 N–H and O–H groups in total. The van der Waals surface area contributed by atoms with Crippen molar-refractivity contribution >= 4 is 29.6 Å². The Morgan fingerprint density at radius 1 is 1.62 bits per heavy atom. The maximum Gasteiger partial charge on any atom is 0.307 e. The zero-order valence-electron chi connectivity index (χ0n) is 4.56. The lowest BCUT2D eigenvalue weighted by Crippen LogP contribution is -2.06. The van der Waals surface area contributed by atoms with Gasteiger partial charge in [-0.15, -0.1) is 11.6 Å². The van der Waals surface area contributed by atoms with E-state index < -0.39 is 11.3 Å². The molecule has 0 saturated heterocycles. The zero-order chi connectivity index (χ0) is 7.00. The smallest absolute Gasteiger partial charge is 0.307 e. The van der Waals surface area contributed by atoms with Crippen molar-refractivity contribution < 1.29 is 9.46 Å². The Hall–Kier alpha value is 0.770. The Morgan fingerprint density at radius 3 is 1.75 bits per heavy atom. The summed E-state index contributed by atoms with van der Waals surface area (Å²) in [4.78, 5) is 8.54. The zero-order valence-corrected chi connectivity index (χ0v) is 6.96. The SMILES string of the molecule is CC(C)(Cl)P(=O)(O)Cl. The van der Waals surface area contributed by atoms with Gasteiger partial charge in [0.1, 0.15) is 4.62 Å². The lowest BCUT2D eigenvalue weighted by atomic mass is 10.6. The van der Waals surface area contributed by atoms with Gasteiger partial charge in [0, 0.05) is 0 Å². The van der Waals surface area contributed by atoms with Crippen LogP contribution in [0.25, 0.3) is 0 Å². The van der Waals surface area contributed by atoms with Crippen LogP contribution in [0.4, 0.5) is 0 Å². The predicted octanol–water partition coefficient (Wildman–Crippen LogP) is 2.39. The summed E-state index contributed by atoms with van der Waals surface area (Å²) in [5.41, 5.74) is 0. The van der Waals surface area contributed by atoms with Crippen molar-refractivity contribution in [3.63, 3.8) is 0 Å². The molecule has 1 unspecified atom stereocenters. The van der Waals surface area contributed by atoms with Crippen LogP contribution in [0.2, 0.25) is 0 Å². The van der Waals surface area contributed by atoms with E-state index in [-0.39, 0.29) is 0 Å². The standard InChI is InChI=1S/C3H7Cl2O2P/c1-3(2,4)8(5,6)7/h1-2H3,(H,6,7). The molecule has 5 heteroatoms. The number of alkyl halides is 1. The minimum atomic E-state index is -3.61. The van der Waals surface area contributed by atoms with Gasteiger partial charge in [-0.25, -0.2) is 0 Å². The Morgan fingerprint density at radius 2 is 1.75 bits per heavy atom. The van der Waals surface area contributed by atoms with Gasteiger partial charge < -0.3 is 4.89 Å². The third-order valence-corrected chi connectivity index (χ3v) is 4.18. The highest BCUT2D eigenvalue weighted by atomic mass is 35.7. The summed E-state index contributed by atoms with van der Waals surface area (Å²) in [6.07, 6.45) is 0. The molecule has 0 saturated carbocycles. The van der Waals surface area contributed by atoms with Crippen LogP contribution < -0.4 is 0 Å². The molecule has 8 heavy (non-hydrogen) atoms. The molecule has 2 nitrogen and oxygen atoms in total. The van der Waals surface area contributed by atoms with Crippen LogP contribution in [-0.2, 0) is 4.57 Å². The van der Waals surface area contributed by atoms with Crippen LogP contribution in [0, 0.1) is 0 Å². The van der Waals surface area contributed by atoms with Gasteiger partial charge in [0.15, 0.2) is 0 Å². The Labute approximate surface area is 58.0 Å². The molecule has 0 radical (unpaired) electrons. The van der Waals surface area contributed by atoms with Gasteiger partial charge in [0.05, 0.1) is 0 Å². The summed E-state index contributed by atoms with van der Waals surface area (Å²) in [6, 6.07) is 0. The van der Waals surface area contributed by atoms with Gasteiger partial charge in [0.25, 0.3) is 0 Å². The quantitative estimate of drug-likeness (QED) is 0.493. The van der Waals surface area contributed by atoms with Crippen LogP contribution >= 0.6 is 29.6 Å². The number of halogens is 2. The minimum absolute atomic E-state index is 1.21. The minimum Gasteiger partial charge on any atom is -0.332 e. The molecule has 0 spiro atoms. The second-order valence-electron chi connectivity index (χ2n) is 1.91. The first-order chi connectivity index (χ1) is 3.25. The first-order valence-electron chi connectivity index (χ1n) is 1.96. The van der Waals surface area contributed by atoms with Crippen molar-refractivity contribution in [1.29, 1.82) is 0 Å². The number of rotatable bonds is 1. The number of hydrogen-bond acceptors (Lipinski definition) is 1. The Bertz CT molecular complexity index is 122. The largest absolute Gasteiger partial charge is 0.332 e.